The summed E-state index contributed by atoms with van der Waals surface area (Å²) in [5, 5.41) is 2.91. The van der Waals surface area contributed by atoms with Crippen LogP contribution in [0.3, 0.4) is 0 Å². The highest BCUT2D eigenvalue weighted by molar-refractivity contribution is 7.92. The average Bonchev–Trinajstić information content (AvgIpc) is 2.64. The van der Waals surface area contributed by atoms with E-state index < -0.39 is 10.0 Å². The van der Waals surface area contributed by atoms with Gasteiger partial charge in [0.2, 0.25) is 15.9 Å². The van der Waals surface area contributed by atoms with Gasteiger partial charge in [-0.2, -0.15) is 0 Å². The molecule has 1 amide bonds. The summed E-state index contributed by atoms with van der Waals surface area (Å²) in [5.74, 6) is 0.0495. The molecule has 0 aliphatic rings. The van der Waals surface area contributed by atoms with Crippen LogP contribution in [0.2, 0.25) is 0 Å². The minimum atomic E-state index is -3.56. The summed E-state index contributed by atoms with van der Waals surface area (Å²) in [6.45, 7) is 5.86. The van der Waals surface area contributed by atoms with Crippen molar-refractivity contribution in [1.82, 2.24) is 5.32 Å². The Labute approximate surface area is 168 Å². The molecule has 2 aromatic rings. The van der Waals surface area contributed by atoms with E-state index in [0.717, 1.165) is 29.0 Å². The van der Waals surface area contributed by atoms with E-state index in [1.54, 1.807) is 12.1 Å². The molecule has 0 fully saturated rings. The fourth-order valence-corrected chi connectivity index (χ4v) is 3.83. The number of rotatable bonds is 9. The van der Waals surface area contributed by atoms with Gasteiger partial charge in [-0.05, 0) is 48.9 Å². The maximum Gasteiger partial charge on any atom is 0.240 e. The van der Waals surface area contributed by atoms with Gasteiger partial charge in [-0.3, -0.25) is 9.10 Å². The third-order valence-corrected chi connectivity index (χ3v) is 5.79. The minimum Gasteiger partial charge on any atom is -0.352 e. The van der Waals surface area contributed by atoms with Crippen molar-refractivity contribution in [3.8, 4) is 0 Å². The maximum absolute atomic E-state index is 12.5. The summed E-state index contributed by atoms with van der Waals surface area (Å²) in [4.78, 5) is 12.5. The van der Waals surface area contributed by atoms with Gasteiger partial charge in [-0.25, -0.2) is 8.42 Å². The van der Waals surface area contributed by atoms with Crippen molar-refractivity contribution in [3.05, 3.63) is 65.7 Å². The molecular formula is C22H30N2O3S. The summed E-state index contributed by atoms with van der Waals surface area (Å²) >= 11 is 0. The van der Waals surface area contributed by atoms with Gasteiger partial charge in [0.15, 0.2) is 0 Å². The molecule has 0 unspecified atom stereocenters. The molecular weight excluding hydrogens is 372 g/mol. The molecule has 2 rings (SSSR count). The second-order valence-corrected chi connectivity index (χ2v) is 9.42. The number of nitrogens with zero attached hydrogens (tertiary/aromatic N) is 1. The number of sulfonamides is 1. The highest BCUT2D eigenvalue weighted by Crippen LogP contribution is 2.21. The predicted octanol–water partition coefficient (Wildman–Crippen LogP) is 3.71. The number of amides is 1. The molecule has 28 heavy (non-hydrogen) atoms. The van der Waals surface area contributed by atoms with Crippen molar-refractivity contribution in [1.29, 1.82) is 0 Å². The lowest BCUT2D eigenvalue weighted by Gasteiger charge is -2.23. The SMILES string of the molecule is CC(C)c1ccc(N(CC(=O)N[C@H](C)CCc2ccccc2)S(C)(=O)=O)cc1. The van der Waals surface area contributed by atoms with Crippen molar-refractivity contribution in [2.45, 2.75) is 45.6 Å². The number of carbonyl (C=O) groups excluding carboxylic acids is 1. The molecule has 0 saturated carbocycles. The van der Waals surface area contributed by atoms with Crippen molar-refractivity contribution in [2.24, 2.45) is 0 Å². The molecule has 0 saturated heterocycles. The topological polar surface area (TPSA) is 66.5 Å². The standard InChI is InChI=1S/C22H30N2O3S/c1-17(2)20-12-14-21(15-13-20)24(28(4,26)27)16-22(25)23-18(3)10-11-19-8-6-5-7-9-19/h5-9,12-15,17-18H,10-11,16H2,1-4H3,(H,23,25)/t18-/m1/s1. The van der Waals surface area contributed by atoms with Gasteiger partial charge < -0.3 is 5.32 Å². The summed E-state index contributed by atoms with van der Waals surface area (Å²) < 4.78 is 25.6. The van der Waals surface area contributed by atoms with Gasteiger partial charge in [0.05, 0.1) is 11.9 Å². The molecule has 152 valence electrons. The van der Waals surface area contributed by atoms with Crippen LogP contribution in [0.25, 0.3) is 0 Å². The van der Waals surface area contributed by atoms with E-state index in [-0.39, 0.29) is 18.5 Å². The lowest BCUT2D eigenvalue weighted by atomic mass is 10.0. The molecule has 0 bridgehead atoms. The van der Waals surface area contributed by atoms with Gasteiger partial charge >= 0.3 is 0 Å². The first-order valence-corrected chi connectivity index (χ1v) is 11.4. The molecule has 1 atom stereocenters. The first kappa shape index (κ1) is 22.0. The average molecular weight is 403 g/mol. The van der Waals surface area contributed by atoms with Crippen LogP contribution >= 0.6 is 0 Å². The Hall–Kier alpha value is -2.34. The third-order valence-electron chi connectivity index (χ3n) is 4.65. The zero-order valence-corrected chi connectivity index (χ0v) is 17.9. The molecule has 5 nitrogen and oxygen atoms in total. The van der Waals surface area contributed by atoms with Crippen LogP contribution in [0, 0.1) is 0 Å². The number of anilines is 1. The molecule has 6 heteroatoms. The van der Waals surface area contributed by atoms with Crippen LogP contribution in [0.5, 0.6) is 0 Å². The zero-order valence-electron chi connectivity index (χ0n) is 17.1. The fourth-order valence-electron chi connectivity index (χ4n) is 2.98. The van der Waals surface area contributed by atoms with E-state index in [2.05, 4.69) is 31.3 Å². The van der Waals surface area contributed by atoms with E-state index in [4.69, 9.17) is 0 Å². The van der Waals surface area contributed by atoms with Crippen LogP contribution in [0.1, 0.15) is 44.2 Å². The highest BCUT2D eigenvalue weighted by atomic mass is 32.2. The third kappa shape index (κ3) is 6.68. The molecule has 0 heterocycles. The lowest BCUT2D eigenvalue weighted by Crippen LogP contribution is -2.43. The zero-order chi connectivity index (χ0) is 20.7. The Morgan fingerprint density at radius 1 is 1.00 bits per heavy atom. The Bertz CT molecular complexity index is 862. The van der Waals surface area contributed by atoms with Gasteiger partial charge in [-0.1, -0.05) is 56.3 Å². The molecule has 2 aromatic carbocycles. The van der Waals surface area contributed by atoms with Crippen LogP contribution < -0.4 is 9.62 Å². The van der Waals surface area contributed by atoms with Crippen LogP contribution in [0.15, 0.2) is 54.6 Å². The second-order valence-electron chi connectivity index (χ2n) is 7.51. The van der Waals surface area contributed by atoms with Gasteiger partial charge in [0.25, 0.3) is 0 Å². The predicted molar refractivity (Wildman–Crippen MR) is 115 cm³/mol. The van der Waals surface area contributed by atoms with Crippen LogP contribution in [0.4, 0.5) is 5.69 Å². The summed E-state index contributed by atoms with van der Waals surface area (Å²) in [6, 6.07) is 17.3. The largest absolute Gasteiger partial charge is 0.352 e. The number of nitrogens with one attached hydrogen (secondary N) is 1. The molecule has 0 aromatic heterocycles. The smallest absolute Gasteiger partial charge is 0.240 e. The number of carbonyl (C=O) groups is 1. The van der Waals surface area contributed by atoms with Crippen LogP contribution in [-0.4, -0.2) is 33.2 Å². The van der Waals surface area contributed by atoms with Crippen molar-refractivity contribution in [3.63, 3.8) is 0 Å². The number of hydrogen-bond donors (Lipinski definition) is 1. The quantitative estimate of drug-likeness (QED) is 0.695. The van der Waals surface area contributed by atoms with Gasteiger partial charge in [0.1, 0.15) is 6.54 Å². The maximum atomic E-state index is 12.5. The molecule has 0 spiro atoms. The Balaban J connectivity index is 1.99. The first-order chi connectivity index (χ1) is 13.2. The fraction of sp³-hybridized carbons (Fsp3) is 0.409. The number of benzene rings is 2. The van der Waals surface area contributed by atoms with Gasteiger partial charge in [-0.15, -0.1) is 0 Å². The van der Waals surface area contributed by atoms with Crippen LogP contribution in [-0.2, 0) is 21.2 Å². The van der Waals surface area contributed by atoms with Gasteiger partial charge in [0, 0.05) is 6.04 Å². The van der Waals surface area contributed by atoms with E-state index in [9.17, 15) is 13.2 Å². The first-order valence-electron chi connectivity index (χ1n) is 9.57. The monoisotopic (exact) mass is 402 g/mol. The van der Waals surface area contributed by atoms with Crippen molar-refractivity contribution < 1.29 is 13.2 Å². The molecule has 1 N–H and O–H groups in total. The summed E-state index contributed by atoms with van der Waals surface area (Å²) in [7, 11) is -3.56. The van der Waals surface area contributed by atoms with E-state index >= 15 is 0 Å². The Morgan fingerprint density at radius 3 is 2.14 bits per heavy atom. The summed E-state index contributed by atoms with van der Waals surface area (Å²) in [5.41, 5.74) is 2.83. The highest BCUT2D eigenvalue weighted by Gasteiger charge is 2.21. The Kier molecular flexibility index (Phi) is 7.63. The Morgan fingerprint density at radius 2 is 1.61 bits per heavy atom. The normalized spacial score (nSPS) is 12.6. The molecule has 0 radical (unpaired) electrons. The number of aryl methyl sites for hydroxylation is 1. The van der Waals surface area contributed by atoms with E-state index in [1.807, 2.05) is 37.3 Å². The minimum absolute atomic E-state index is 0.0440. The molecule has 0 aliphatic carbocycles. The van der Waals surface area contributed by atoms with Crippen molar-refractivity contribution in [2.75, 3.05) is 17.1 Å². The molecule has 0 aliphatic heterocycles. The van der Waals surface area contributed by atoms with E-state index in [1.165, 1.54) is 5.56 Å². The van der Waals surface area contributed by atoms with Crippen molar-refractivity contribution >= 4 is 21.6 Å². The second kappa shape index (κ2) is 9.73. The number of hydrogen-bond acceptors (Lipinski definition) is 3. The summed E-state index contributed by atoms with van der Waals surface area (Å²) in [6.07, 6.45) is 2.77. The van der Waals surface area contributed by atoms with E-state index in [0.29, 0.717) is 11.6 Å². The lowest BCUT2D eigenvalue weighted by molar-refractivity contribution is -0.120.